The average molecular weight is 202 g/mol. The molecule has 0 fully saturated rings. The highest BCUT2D eigenvalue weighted by Crippen LogP contribution is 2.22. The number of ether oxygens (including phenoxy) is 2. The van der Waals surface area contributed by atoms with Gasteiger partial charge in [0, 0.05) is 23.9 Å². The zero-order valence-corrected chi connectivity index (χ0v) is 8.17. The van der Waals surface area contributed by atoms with Crippen molar-refractivity contribution in [2.75, 3.05) is 26.1 Å². The molecule has 2 N–H and O–H groups in total. The third-order valence-electron chi connectivity index (χ3n) is 1.45. The molecule has 0 aromatic heterocycles. The van der Waals surface area contributed by atoms with E-state index in [0.717, 1.165) is 0 Å². The Hall–Kier alpha value is -0.930. The van der Waals surface area contributed by atoms with E-state index in [0.29, 0.717) is 29.7 Å². The van der Waals surface area contributed by atoms with Gasteiger partial charge < -0.3 is 15.2 Å². The standard InChI is InChI=1S/C9H12ClNO2/c1-12-2-3-13-9-5-7(10)4-8(11)6-9/h4-6H,2-3,11H2,1H3. The summed E-state index contributed by atoms with van der Waals surface area (Å²) in [5.74, 6) is 0.669. The van der Waals surface area contributed by atoms with E-state index in [1.807, 2.05) is 0 Å². The first-order valence-electron chi connectivity index (χ1n) is 3.90. The predicted molar refractivity (Wildman–Crippen MR) is 53.2 cm³/mol. The number of nitrogens with two attached hydrogens (primary N) is 1. The largest absolute Gasteiger partial charge is 0.491 e. The van der Waals surface area contributed by atoms with Crippen LogP contribution in [0.1, 0.15) is 0 Å². The average Bonchev–Trinajstić information content (AvgIpc) is 2.03. The van der Waals surface area contributed by atoms with Crippen LogP contribution in [-0.2, 0) is 4.74 Å². The molecule has 0 amide bonds. The zero-order valence-electron chi connectivity index (χ0n) is 7.42. The topological polar surface area (TPSA) is 44.5 Å². The Labute approximate surface area is 82.4 Å². The molecular weight excluding hydrogens is 190 g/mol. The van der Waals surface area contributed by atoms with Crippen molar-refractivity contribution < 1.29 is 9.47 Å². The number of methoxy groups -OCH3 is 1. The van der Waals surface area contributed by atoms with E-state index in [9.17, 15) is 0 Å². The number of hydrogen-bond donors (Lipinski definition) is 1. The number of nitrogen functional groups attached to an aromatic ring is 1. The highest BCUT2D eigenvalue weighted by molar-refractivity contribution is 6.31. The predicted octanol–water partition coefficient (Wildman–Crippen LogP) is 1.95. The van der Waals surface area contributed by atoms with E-state index >= 15 is 0 Å². The lowest BCUT2D eigenvalue weighted by molar-refractivity contribution is 0.146. The highest BCUT2D eigenvalue weighted by Gasteiger charge is 1.97. The van der Waals surface area contributed by atoms with Gasteiger partial charge in [-0.3, -0.25) is 0 Å². The summed E-state index contributed by atoms with van der Waals surface area (Å²) in [6.45, 7) is 1.04. The molecule has 0 saturated carbocycles. The van der Waals surface area contributed by atoms with Crippen molar-refractivity contribution in [1.29, 1.82) is 0 Å². The summed E-state index contributed by atoms with van der Waals surface area (Å²) in [5.41, 5.74) is 6.17. The second-order valence-corrected chi connectivity index (χ2v) is 3.00. The number of hydrogen-bond acceptors (Lipinski definition) is 3. The van der Waals surface area contributed by atoms with Crippen LogP contribution in [-0.4, -0.2) is 20.3 Å². The summed E-state index contributed by atoms with van der Waals surface area (Å²) in [6.07, 6.45) is 0. The molecule has 0 radical (unpaired) electrons. The van der Waals surface area contributed by atoms with Crippen LogP contribution in [0.25, 0.3) is 0 Å². The van der Waals surface area contributed by atoms with Gasteiger partial charge in [0.25, 0.3) is 0 Å². The first-order chi connectivity index (χ1) is 6.22. The van der Waals surface area contributed by atoms with Gasteiger partial charge in [-0.25, -0.2) is 0 Å². The Morgan fingerprint density at radius 2 is 2.08 bits per heavy atom. The molecule has 0 saturated heterocycles. The van der Waals surface area contributed by atoms with Crippen molar-refractivity contribution >= 4 is 17.3 Å². The molecule has 1 aromatic rings. The van der Waals surface area contributed by atoms with Crippen molar-refractivity contribution in [1.82, 2.24) is 0 Å². The molecule has 0 spiro atoms. The molecule has 4 heteroatoms. The van der Waals surface area contributed by atoms with Gasteiger partial charge in [0.15, 0.2) is 0 Å². The number of rotatable bonds is 4. The van der Waals surface area contributed by atoms with Crippen molar-refractivity contribution in [3.63, 3.8) is 0 Å². The fraction of sp³-hybridized carbons (Fsp3) is 0.333. The van der Waals surface area contributed by atoms with Crippen LogP contribution in [0.3, 0.4) is 0 Å². The van der Waals surface area contributed by atoms with Crippen LogP contribution in [0.2, 0.25) is 5.02 Å². The van der Waals surface area contributed by atoms with Crippen molar-refractivity contribution in [3.05, 3.63) is 23.2 Å². The number of halogens is 1. The smallest absolute Gasteiger partial charge is 0.122 e. The summed E-state index contributed by atoms with van der Waals surface area (Å²) >= 11 is 5.77. The van der Waals surface area contributed by atoms with Crippen molar-refractivity contribution in [2.24, 2.45) is 0 Å². The van der Waals surface area contributed by atoms with Gasteiger partial charge in [0.2, 0.25) is 0 Å². The van der Waals surface area contributed by atoms with E-state index in [2.05, 4.69) is 0 Å². The second-order valence-electron chi connectivity index (χ2n) is 2.56. The molecule has 1 rings (SSSR count). The quantitative estimate of drug-likeness (QED) is 0.598. The SMILES string of the molecule is COCCOc1cc(N)cc(Cl)c1. The van der Waals surface area contributed by atoms with E-state index in [4.69, 9.17) is 26.8 Å². The molecule has 0 heterocycles. The lowest BCUT2D eigenvalue weighted by Crippen LogP contribution is -2.04. The molecule has 0 atom stereocenters. The molecule has 72 valence electrons. The van der Waals surface area contributed by atoms with Crippen LogP contribution >= 0.6 is 11.6 Å². The zero-order chi connectivity index (χ0) is 9.68. The molecule has 0 bridgehead atoms. The lowest BCUT2D eigenvalue weighted by atomic mass is 10.3. The molecule has 0 aliphatic rings. The third-order valence-corrected chi connectivity index (χ3v) is 1.67. The Kier molecular flexibility index (Phi) is 3.86. The summed E-state index contributed by atoms with van der Waals surface area (Å²) in [7, 11) is 1.62. The van der Waals surface area contributed by atoms with Gasteiger partial charge in [-0.1, -0.05) is 11.6 Å². The molecular formula is C9H12ClNO2. The first kappa shape index (κ1) is 10.2. The minimum absolute atomic E-state index is 0.496. The van der Waals surface area contributed by atoms with Gasteiger partial charge in [-0.15, -0.1) is 0 Å². The molecule has 0 aliphatic heterocycles. The Morgan fingerprint density at radius 3 is 2.69 bits per heavy atom. The van der Waals surface area contributed by atoms with E-state index in [1.165, 1.54) is 0 Å². The van der Waals surface area contributed by atoms with Crippen LogP contribution in [0, 0.1) is 0 Å². The van der Waals surface area contributed by atoms with Crippen LogP contribution in [0.4, 0.5) is 5.69 Å². The maximum absolute atomic E-state index is 5.77. The van der Waals surface area contributed by atoms with Crippen molar-refractivity contribution in [2.45, 2.75) is 0 Å². The normalized spacial score (nSPS) is 10.0. The van der Waals surface area contributed by atoms with E-state index < -0.39 is 0 Å². The van der Waals surface area contributed by atoms with E-state index in [1.54, 1.807) is 25.3 Å². The molecule has 0 unspecified atom stereocenters. The van der Waals surface area contributed by atoms with Gasteiger partial charge in [0.05, 0.1) is 6.61 Å². The molecule has 0 aliphatic carbocycles. The Morgan fingerprint density at radius 1 is 1.31 bits per heavy atom. The maximum Gasteiger partial charge on any atom is 0.122 e. The second kappa shape index (κ2) is 4.94. The monoisotopic (exact) mass is 201 g/mol. The lowest BCUT2D eigenvalue weighted by Gasteiger charge is -2.06. The fourth-order valence-electron chi connectivity index (χ4n) is 0.911. The van der Waals surface area contributed by atoms with Gasteiger partial charge in [-0.2, -0.15) is 0 Å². The number of anilines is 1. The summed E-state index contributed by atoms with van der Waals surface area (Å²) in [6, 6.07) is 5.11. The number of benzene rings is 1. The van der Waals surface area contributed by atoms with Gasteiger partial charge in [-0.05, 0) is 12.1 Å². The molecule has 3 nitrogen and oxygen atoms in total. The van der Waals surface area contributed by atoms with Gasteiger partial charge in [0.1, 0.15) is 12.4 Å². The third kappa shape index (κ3) is 3.53. The van der Waals surface area contributed by atoms with Crippen LogP contribution < -0.4 is 10.5 Å². The highest BCUT2D eigenvalue weighted by atomic mass is 35.5. The maximum atomic E-state index is 5.77. The van der Waals surface area contributed by atoms with Crippen LogP contribution in [0.5, 0.6) is 5.75 Å². The Bertz CT molecular complexity index is 258. The van der Waals surface area contributed by atoms with E-state index in [-0.39, 0.29) is 0 Å². The van der Waals surface area contributed by atoms with Gasteiger partial charge >= 0.3 is 0 Å². The molecule has 13 heavy (non-hydrogen) atoms. The minimum atomic E-state index is 0.496. The first-order valence-corrected chi connectivity index (χ1v) is 4.28. The van der Waals surface area contributed by atoms with Crippen LogP contribution in [0.15, 0.2) is 18.2 Å². The summed E-state index contributed by atoms with van der Waals surface area (Å²) in [4.78, 5) is 0. The summed E-state index contributed by atoms with van der Waals surface area (Å²) < 4.78 is 10.2. The fourth-order valence-corrected chi connectivity index (χ4v) is 1.14. The van der Waals surface area contributed by atoms with Crippen molar-refractivity contribution in [3.8, 4) is 5.75 Å². The molecule has 1 aromatic carbocycles. The minimum Gasteiger partial charge on any atom is -0.491 e. The summed E-state index contributed by atoms with van der Waals surface area (Å²) in [5, 5.41) is 0.576. The Balaban J connectivity index is 2.56.